The zero-order valence-corrected chi connectivity index (χ0v) is 14.1. The smallest absolute Gasteiger partial charge is 0.322 e. The Morgan fingerprint density at radius 2 is 2.20 bits per heavy atom. The molecule has 1 aliphatic rings. The minimum absolute atomic E-state index is 0.124. The third kappa shape index (κ3) is 4.06. The molecule has 0 aliphatic carbocycles. The zero-order valence-electron chi connectivity index (χ0n) is 14.1. The number of anilines is 2. The number of nitrogens with zero attached hydrogens (tertiary/aromatic N) is 2. The summed E-state index contributed by atoms with van der Waals surface area (Å²) < 4.78 is 0. The average Bonchev–Trinajstić information content (AvgIpc) is 3.05. The molecule has 0 atom stereocenters. The van der Waals surface area contributed by atoms with Crippen LogP contribution in [0.3, 0.4) is 0 Å². The van der Waals surface area contributed by atoms with Crippen molar-refractivity contribution in [3.05, 3.63) is 53.9 Å². The lowest BCUT2D eigenvalue weighted by atomic mass is 10.1. The molecule has 25 heavy (non-hydrogen) atoms. The molecule has 2 aromatic rings. The first kappa shape index (κ1) is 16.8. The Morgan fingerprint density at radius 1 is 1.32 bits per heavy atom. The van der Waals surface area contributed by atoms with Gasteiger partial charge < -0.3 is 16.0 Å². The van der Waals surface area contributed by atoms with E-state index in [0.717, 1.165) is 16.9 Å². The number of aryl methyl sites for hydroxylation is 1. The van der Waals surface area contributed by atoms with Gasteiger partial charge in [0.2, 0.25) is 0 Å². The number of hydrogen-bond donors (Lipinski definition) is 3. The molecule has 0 bridgehead atoms. The SMILES string of the molecule is Cc1ccc(C(=O)NCCNc2cccnc2)cc1N1CCNC1=O. The highest BCUT2D eigenvalue weighted by Gasteiger charge is 2.23. The maximum atomic E-state index is 12.3. The summed E-state index contributed by atoms with van der Waals surface area (Å²) in [7, 11) is 0. The van der Waals surface area contributed by atoms with Crippen molar-refractivity contribution in [1.82, 2.24) is 15.6 Å². The number of carbonyl (C=O) groups excluding carboxylic acids is 2. The van der Waals surface area contributed by atoms with E-state index in [0.29, 0.717) is 31.7 Å². The first-order valence-electron chi connectivity index (χ1n) is 8.23. The second-order valence-electron chi connectivity index (χ2n) is 5.81. The predicted molar refractivity (Wildman–Crippen MR) is 97.0 cm³/mol. The van der Waals surface area contributed by atoms with Crippen molar-refractivity contribution in [1.29, 1.82) is 0 Å². The lowest BCUT2D eigenvalue weighted by Gasteiger charge is -2.18. The van der Waals surface area contributed by atoms with Crippen LogP contribution >= 0.6 is 0 Å². The molecule has 2 heterocycles. The Labute approximate surface area is 146 Å². The summed E-state index contributed by atoms with van der Waals surface area (Å²) in [5, 5.41) is 8.84. The molecule has 3 amide bonds. The Morgan fingerprint density at radius 3 is 2.92 bits per heavy atom. The van der Waals surface area contributed by atoms with E-state index >= 15 is 0 Å². The fraction of sp³-hybridized carbons (Fsp3) is 0.278. The van der Waals surface area contributed by atoms with E-state index in [-0.39, 0.29) is 11.9 Å². The number of nitrogens with one attached hydrogen (secondary N) is 3. The average molecular weight is 339 g/mol. The molecule has 0 radical (unpaired) electrons. The molecule has 1 aromatic heterocycles. The van der Waals surface area contributed by atoms with Crippen LogP contribution in [0.2, 0.25) is 0 Å². The number of pyridine rings is 1. The topological polar surface area (TPSA) is 86.4 Å². The maximum absolute atomic E-state index is 12.3. The number of amides is 3. The Bertz CT molecular complexity index is 763. The van der Waals surface area contributed by atoms with Gasteiger partial charge in [0.15, 0.2) is 0 Å². The van der Waals surface area contributed by atoms with Gasteiger partial charge in [-0.3, -0.25) is 14.7 Å². The molecule has 0 unspecified atom stereocenters. The van der Waals surface area contributed by atoms with E-state index in [1.54, 1.807) is 29.4 Å². The van der Waals surface area contributed by atoms with Crippen LogP contribution in [-0.4, -0.2) is 43.1 Å². The van der Waals surface area contributed by atoms with E-state index in [9.17, 15) is 9.59 Å². The normalized spacial score (nSPS) is 13.5. The summed E-state index contributed by atoms with van der Waals surface area (Å²) >= 11 is 0. The van der Waals surface area contributed by atoms with Gasteiger partial charge >= 0.3 is 6.03 Å². The van der Waals surface area contributed by atoms with Crippen molar-refractivity contribution in [3.63, 3.8) is 0 Å². The second-order valence-corrected chi connectivity index (χ2v) is 5.81. The number of aromatic nitrogens is 1. The summed E-state index contributed by atoms with van der Waals surface area (Å²) in [5.74, 6) is -0.158. The molecule has 130 valence electrons. The molecule has 1 fully saturated rings. The number of hydrogen-bond acceptors (Lipinski definition) is 4. The quantitative estimate of drug-likeness (QED) is 0.700. The van der Waals surface area contributed by atoms with Gasteiger partial charge in [0.1, 0.15) is 0 Å². The lowest BCUT2D eigenvalue weighted by molar-refractivity contribution is 0.0955. The van der Waals surface area contributed by atoms with Gasteiger partial charge in [-0.15, -0.1) is 0 Å². The van der Waals surface area contributed by atoms with Crippen molar-refractivity contribution in [2.24, 2.45) is 0 Å². The minimum Gasteiger partial charge on any atom is -0.382 e. The number of benzene rings is 1. The van der Waals surface area contributed by atoms with Crippen LogP contribution < -0.4 is 20.9 Å². The highest BCUT2D eigenvalue weighted by Crippen LogP contribution is 2.23. The van der Waals surface area contributed by atoms with Crippen LogP contribution in [0, 0.1) is 6.92 Å². The fourth-order valence-corrected chi connectivity index (χ4v) is 2.70. The first-order valence-corrected chi connectivity index (χ1v) is 8.23. The number of carbonyl (C=O) groups is 2. The molecule has 3 rings (SSSR count). The standard InChI is InChI=1S/C18H21N5O2/c1-13-4-5-14(11-16(13)23-10-9-22-18(23)25)17(24)21-8-7-20-15-3-2-6-19-12-15/h2-6,11-12,20H,7-10H2,1H3,(H,21,24)(H,22,25). The molecule has 0 spiro atoms. The van der Waals surface area contributed by atoms with Crippen LogP contribution in [0.1, 0.15) is 15.9 Å². The third-order valence-electron chi connectivity index (χ3n) is 4.02. The van der Waals surface area contributed by atoms with E-state index in [4.69, 9.17) is 0 Å². The number of urea groups is 1. The second kappa shape index (κ2) is 7.65. The molecule has 7 heteroatoms. The lowest BCUT2D eigenvalue weighted by Crippen LogP contribution is -2.30. The van der Waals surface area contributed by atoms with Crippen molar-refractivity contribution in [2.45, 2.75) is 6.92 Å². The first-order chi connectivity index (χ1) is 12.1. The van der Waals surface area contributed by atoms with Crippen LogP contribution in [-0.2, 0) is 0 Å². The van der Waals surface area contributed by atoms with Gasteiger partial charge in [0.25, 0.3) is 5.91 Å². The van der Waals surface area contributed by atoms with E-state index in [1.165, 1.54) is 0 Å². The Kier molecular flexibility index (Phi) is 5.13. The molecule has 3 N–H and O–H groups in total. The zero-order chi connectivity index (χ0) is 17.6. The molecule has 7 nitrogen and oxygen atoms in total. The van der Waals surface area contributed by atoms with Gasteiger partial charge in [0.05, 0.1) is 5.69 Å². The molecular formula is C18H21N5O2. The van der Waals surface area contributed by atoms with Gasteiger partial charge in [-0.05, 0) is 36.8 Å². The van der Waals surface area contributed by atoms with Crippen molar-refractivity contribution < 1.29 is 9.59 Å². The highest BCUT2D eigenvalue weighted by molar-refractivity contribution is 5.99. The summed E-state index contributed by atoms with van der Waals surface area (Å²) in [6, 6.07) is 9.05. The van der Waals surface area contributed by atoms with Crippen molar-refractivity contribution in [2.75, 3.05) is 36.4 Å². The van der Waals surface area contributed by atoms with E-state index in [1.807, 2.05) is 25.1 Å². The summed E-state index contributed by atoms with van der Waals surface area (Å²) in [4.78, 5) is 29.9. The summed E-state index contributed by atoms with van der Waals surface area (Å²) in [5.41, 5.74) is 3.19. The van der Waals surface area contributed by atoms with Crippen LogP contribution in [0.15, 0.2) is 42.7 Å². The molecular weight excluding hydrogens is 318 g/mol. The molecule has 1 aliphatic heterocycles. The van der Waals surface area contributed by atoms with Crippen LogP contribution in [0.4, 0.5) is 16.2 Å². The molecule has 1 saturated heterocycles. The Balaban J connectivity index is 1.57. The number of rotatable bonds is 6. The third-order valence-corrected chi connectivity index (χ3v) is 4.02. The Hall–Kier alpha value is -3.09. The molecule has 0 saturated carbocycles. The fourth-order valence-electron chi connectivity index (χ4n) is 2.70. The van der Waals surface area contributed by atoms with Gasteiger partial charge in [-0.2, -0.15) is 0 Å². The van der Waals surface area contributed by atoms with Crippen molar-refractivity contribution in [3.8, 4) is 0 Å². The largest absolute Gasteiger partial charge is 0.382 e. The van der Waals surface area contributed by atoms with Gasteiger partial charge in [-0.25, -0.2) is 4.79 Å². The van der Waals surface area contributed by atoms with E-state index < -0.39 is 0 Å². The maximum Gasteiger partial charge on any atom is 0.322 e. The summed E-state index contributed by atoms with van der Waals surface area (Å²) in [6.45, 7) is 4.25. The van der Waals surface area contributed by atoms with Gasteiger partial charge in [0, 0.05) is 49.8 Å². The summed E-state index contributed by atoms with van der Waals surface area (Å²) in [6.07, 6.45) is 3.44. The van der Waals surface area contributed by atoms with Crippen molar-refractivity contribution >= 4 is 23.3 Å². The monoisotopic (exact) mass is 339 g/mol. The van der Waals surface area contributed by atoms with Crippen LogP contribution in [0.5, 0.6) is 0 Å². The van der Waals surface area contributed by atoms with Gasteiger partial charge in [-0.1, -0.05) is 6.07 Å². The van der Waals surface area contributed by atoms with E-state index in [2.05, 4.69) is 20.9 Å². The minimum atomic E-state index is -0.158. The highest BCUT2D eigenvalue weighted by atomic mass is 16.2. The predicted octanol–water partition coefficient (Wildman–Crippen LogP) is 1.76. The van der Waals surface area contributed by atoms with Crippen LogP contribution in [0.25, 0.3) is 0 Å². The molecule has 1 aromatic carbocycles.